The summed E-state index contributed by atoms with van der Waals surface area (Å²) < 4.78 is 1.16. The lowest BCUT2D eigenvalue weighted by Crippen LogP contribution is -2.42. The monoisotopic (exact) mass is 337 g/mol. The largest absolute Gasteiger partial charge is 0.393 e. The molecule has 2 fully saturated rings. The summed E-state index contributed by atoms with van der Waals surface area (Å²) in [6.45, 7) is 2.20. The minimum atomic E-state index is -0.0724. The molecular formula is C17H24BrNO. The highest BCUT2D eigenvalue weighted by molar-refractivity contribution is 9.10. The topological polar surface area (TPSA) is 23.5 Å². The van der Waals surface area contributed by atoms with E-state index in [0.717, 1.165) is 17.4 Å². The molecule has 2 nitrogen and oxygen atoms in total. The van der Waals surface area contributed by atoms with Crippen molar-refractivity contribution in [1.29, 1.82) is 0 Å². The van der Waals surface area contributed by atoms with E-state index in [-0.39, 0.29) is 6.10 Å². The molecule has 0 aromatic heterocycles. The first-order valence-corrected chi connectivity index (χ1v) is 8.70. The number of aliphatic hydroxyl groups excluding tert-OH is 1. The fourth-order valence-electron chi connectivity index (χ4n) is 3.99. The Balaban J connectivity index is 1.69. The molecule has 1 N–H and O–H groups in total. The maximum atomic E-state index is 10.3. The van der Waals surface area contributed by atoms with Crippen molar-refractivity contribution in [3.8, 4) is 0 Å². The van der Waals surface area contributed by atoms with Gasteiger partial charge in [-0.15, -0.1) is 0 Å². The molecule has 0 bridgehead atoms. The van der Waals surface area contributed by atoms with Gasteiger partial charge in [0.05, 0.1) is 6.10 Å². The van der Waals surface area contributed by atoms with Crippen LogP contribution in [-0.2, 0) is 6.54 Å². The van der Waals surface area contributed by atoms with E-state index in [2.05, 4.69) is 45.1 Å². The van der Waals surface area contributed by atoms with Crippen LogP contribution < -0.4 is 0 Å². The zero-order valence-electron chi connectivity index (χ0n) is 12.0. The number of nitrogens with zero attached hydrogens (tertiary/aromatic N) is 1. The molecule has 2 aliphatic rings. The lowest BCUT2D eigenvalue weighted by Gasteiger charge is -2.37. The van der Waals surface area contributed by atoms with E-state index in [1.54, 1.807) is 0 Å². The summed E-state index contributed by atoms with van der Waals surface area (Å²) >= 11 is 3.55. The van der Waals surface area contributed by atoms with Gasteiger partial charge in [0, 0.05) is 23.0 Å². The molecule has 1 saturated heterocycles. The predicted molar refractivity (Wildman–Crippen MR) is 85.5 cm³/mol. The highest BCUT2D eigenvalue weighted by Crippen LogP contribution is 2.35. The van der Waals surface area contributed by atoms with Crippen molar-refractivity contribution < 1.29 is 5.11 Å². The van der Waals surface area contributed by atoms with E-state index < -0.39 is 0 Å². The Hall–Kier alpha value is -0.380. The van der Waals surface area contributed by atoms with Gasteiger partial charge in [0.2, 0.25) is 0 Å². The molecular weight excluding hydrogens is 314 g/mol. The molecule has 3 rings (SSSR count). The average molecular weight is 338 g/mol. The highest BCUT2D eigenvalue weighted by atomic mass is 79.9. The van der Waals surface area contributed by atoms with Crippen LogP contribution in [-0.4, -0.2) is 28.7 Å². The van der Waals surface area contributed by atoms with E-state index in [0.29, 0.717) is 12.0 Å². The van der Waals surface area contributed by atoms with Gasteiger partial charge in [-0.3, -0.25) is 4.90 Å². The summed E-state index contributed by atoms with van der Waals surface area (Å²) in [5.74, 6) is 0.499. The van der Waals surface area contributed by atoms with Gasteiger partial charge < -0.3 is 5.11 Å². The van der Waals surface area contributed by atoms with Crippen molar-refractivity contribution in [2.45, 2.75) is 57.2 Å². The maximum Gasteiger partial charge on any atom is 0.0583 e. The van der Waals surface area contributed by atoms with E-state index in [4.69, 9.17) is 0 Å². The summed E-state index contributed by atoms with van der Waals surface area (Å²) in [6.07, 6.45) is 7.18. The number of hydrogen-bond donors (Lipinski definition) is 1. The van der Waals surface area contributed by atoms with Crippen LogP contribution in [0.3, 0.4) is 0 Å². The van der Waals surface area contributed by atoms with Crippen molar-refractivity contribution in [1.82, 2.24) is 4.90 Å². The zero-order chi connectivity index (χ0) is 13.9. The minimum absolute atomic E-state index is 0.0724. The van der Waals surface area contributed by atoms with Gasteiger partial charge in [-0.1, -0.05) is 40.9 Å². The normalized spacial score (nSPS) is 31.6. The third-order valence-electron chi connectivity index (χ3n) is 4.96. The molecule has 0 spiro atoms. The van der Waals surface area contributed by atoms with Gasteiger partial charge in [0.1, 0.15) is 0 Å². The van der Waals surface area contributed by atoms with Gasteiger partial charge in [-0.25, -0.2) is 0 Å². The lowest BCUT2D eigenvalue weighted by molar-refractivity contribution is 0.0201. The first-order chi connectivity index (χ1) is 9.74. The molecule has 110 valence electrons. The molecule has 20 heavy (non-hydrogen) atoms. The summed E-state index contributed by atoms with van der Waals surface area (Å²) in [7, 11) is 0. The second-order valence-electron chi connectivity index (χ2n) is 6.33. The molecule has 3 atom stereocenters. The fraction of sp³-hybridized carbons (Fsp3) is 0.647. The first-order valence-electron chi connectivity index (χ1n) is 7.90. The smallest absolute Gasteiger partial charge is 0.0583 e. The van der Waals surface area contributed by atoms with Crippen LogP contribution in [0.15, 0.2) is 28.7 Å². The Morgan fingerprint density at radius 1 is 1.15 bits per heavy atom. The zero-order valence-corrected chi connectivity index (χ0v) is 13.6. The van der Waals surface area contributed by atoms with E-state index in [9.17, 15) is 5.11 Å². The van der Waals surface area contributed by atoms with Crippen LogP contribution in [0.5, 0.6) is 0 Å². The minimum Gasteiger partial charge on any atom is -0.393 e. The first kappa shape index (κ1) is 14.6. The SMILES string of the molecule is OC1CCCCC1C1CCCN1Cc1cccc(Br)c1. The van der Waals surface area contributed by atoms with Crippen molar-refractivity contribution in [3.05, 3.63) is 34.3 Å². The number of hydrogen-bond acceptors (Lipinski definition) is 2. The Labute approximate surface area is 130 Å². The van der Waals surface area contributed by atoms with Gasteiger partial charge in [0.25, 0.3) is 0 Å². The van der Waals surface area contributed by atoms with Crippen LogP contribution in [0.1, 0.15) is 44.1 Å². The summed E-state index contributed by atoms with van der Waals surface area (Å²) in [6, 6.07) is 9.20. The van der Waals surface area contributed by atoms with E-state index in [1.165, 1.54) is 44.2 Å². The van der Waals surface area contributed by atoms with E-state index >= 15 is 0 Å². The lowest BCUT2D eigenvalue weighted by atomic mass is 9.80. The van der Waals surface area contributed by atoms with Gasteiger partial charge >= 0.3 is 0 Å². The van der Waals surface area contributed by atoms with Crippen LogP contribution in [0.25, 0.3) is 0 Å². The summed E-state index contributed by atoms with van der Waals surface area (Å²) in [5, 5.41) is 10.3. The third-order valence-corrected chi connectivity index (χ3v) is 5.46. The molecule has 0 amide bonds. The van der Waals surface area contributed by atoms with Gasteiger partial charge in [-0.2, -0.15) is 0 Å². The van der Waals surface area contributed by atoms with Crippen molar-refractivity contribution in [2.75, 3.05) is 6.54 Å². The molecule has 3 unspecified atom stereocenters. The van der Waals surface area contributed by atoms with Crippen molar-refractivity contribution in [2.24, 2.45) is 5.92 Å². The second kappa shape index (κ2) is 6.59. The number of benzene rings is 1. The Morgan fingerprint density at radius 2 is 2.00 bits per heavy atom. The Bertz CT molecular complexity index is 450. The molecule has 1 heterocycles. The average Bonchev–Trinajstić information content (AvgIpc) is 2.87. The highest BCUT2D eigenvalue weighted by Gasteiger charge is 2.36. The molecule has 1 aromatic carbocycles. The number of halogens is 1. The number of rotatable bonds is 3. The van der Waals surface area contributed by atoms with Crippen molar-refractivity contribution >= 4 is 15.9 Å². The quantitative estimate of drug-likeness (QED) is 0.902. The predicted octanol–water partition coefficient (Wildman–Crippen LogP) is 3.96. The summed E-state index contributed by atoms with van der Waals surface area (Å²) in [5.41, 5.74) is 1.37. The van der Waals surface area contributed by atoms with Gasteiger partial charge in [-0.05, 0) is 49.9 Å². The fourth-order valence-corrected chi connectivity index (χ4v) is 4.44. The number of aliphatic hydroxyl groups is 1. The summed E-state index contributed by atoms with van der Waals surface area (Å²) in [4.78, 5) is 2.60. The Kier molecular flexibility index (Phi) is 4.79. The number of likely N-dealkylation sites (tertiary alicyclic amines) is 1. The molecule has 1 saturated carbocycles. The molecule has 1 aromatic rings. The third kappa shape index (κ3) is 3.26. The van der Waals surface area contributed by atoms with Crippen LogP contribution >= 0.6 is 15.9 Å². The maximum absolute atomic E-state index is 10.3. The molecule has 1 aliphatic carbocycles. The standard InChI is InChI=1S/C17H24BrNO/c18-14-6-3-5-13(11-14)12-19-10-4-8-16(19)15-7-1-2-9-17(15)20/h3,5-6,11,15-17,20H,1-2,4,7-10,12H2. The van der Waals surface area contributed by atoms with Crippen molar-refractivity contribution in [3.63, 3.8) is 0 Å². The van der Waals surface area contributed by atoms with Crippen LogP contribution in [0.4, 0.5) is 0 Å². The molecule has 3 heteroatoms. The van der Waals surface area contributed by atoms with E-state index in [1.807, 2.05) is 0 Å². The second-order valence-corrected chi connectivity index (χ2v) is 7.24. The molecule has 0 radical (unpaired) electrons. The Morgan fingerprint density at radius 3 is 2.80 bits per heavy atom. The van der Waals surface area contributed by atoms with Gasteiger partial charge in [0.15, 0.2) is 0 Å². The molecule has 1 aliphatic heterocycles. The van der Waals surface area contributed by atoms with Crippen LogP contribution in [0, 0.1) is 5.92 Å². The van der Waals surface area contributed by atoms with Crippen LogP contribution in [0.2, 0.25) is 0 Å².